The normalized spacial score (nSPS) is 13.3. The van der Waals surface area contributed by atoms with Gasteiger partial charge in [0.25, 0.3) is 0 Å². The van der Waals surface area contributed by atoms with Crippen LogP contribution in [-0.2, 0) is 16.1 Å². The first-order chi connectivity index (χ1) is 8.83. The fourth-order valence-electron chi connectivity index (χ4n) is 1.59. The van der Waals surface area contributed by atoms with Crippen LogP contribution in [0.25, 0.3) is 0 Å². The van der Waals surface area contributed by atoms with Gasteiger partial charge in [0.15, 0.2) is 0 Å². The maximum atomic E-state index is 12.1. The first-order valence-corrected chi connectivity index (χ1v) is 5.44. The second-order valence-electron chi connectivity index (χ2n) is 3.95. The van der Waals surface area contributed by atoms with E-state index >= 15 is 0 Å². The summed E-state index contributed by atoms with van der Waals surface area (Å²) in [6.45, 7) is -1.10. The van der Waals surface area contributed by atoms with Crippen LogP contribution in [0.5, 0.6) is 0 Å². The van der Waals surface area contributed by atoms with Gasteiger partial charge >= 0.3 is 12.1 Å². The van der Waals surface area contributed by atoms with E-state index in [4.69, 9.17) is 9.84 Å². The summed E-state index contributed by atoms with van der Waals surface area (Å²) in [5.41, 5.74) is 0.950. The van der Waals surface area contributed by atoms with Crippen molar-refractivity contribution in [2.24, 2.45) is 0 Å². The first-order valence-electron chi connectivity index (χ1n) is 5.44. The summed E-state index contributed by atoms with van der Waals surface area (Å²) in [7, 11) is 1.48. The van der Waals surface area contributed by atoms with Gasteiger partial charge in [-0.25, -0.2) is 0 Å². The van der Waals surface area contributed by atoms with Gasteiger partial charge in [-0.15, -0.1) is 0 Å². The minimum absolute atomic E-state index is 0.256. The van der Waals surface area contributed by atoms with E-state index in [-0.39, 0.29) is 12.2 Å². The van der Waals surface area contributed by atoms with E-state index in [9.17, 15) is 18.0 Å². The molecule has 7 heteroatoms. The van der Waals surface area contributed by atoms with E-state index in [1.54, 1.807) is 12.1 Å². The fourth-order valence-corrected chi connectivity index (χ4v) is 1.59. The summed E-state index contributed by atoms with van der Waals surface area (Å²) in [6.07, 6.45) is -4.46. The van der Waals surface area contributed by atoms with Crippen molar-refractivity contribution >= 4 is 5.97 Å². The smallest absolute Gasteiger partial charge is 0.401 e. The molecule has 1 rings (SSSR count). The summed E-state index contributed by atoms with van der Waals surface area (Å²) >= 11 is 0. The number of carbonyl (C=O) groups is 1. The summed E-state index contributed by atoms with van der Waals surface area (Å²) in [5, 5.41) is 11.0. The second-order valence-corrected chi connectivity index (χ2v) is 3.95. The van der Waals surface area contributed by atoms with E-state index in [1.807, 2.05) is 5.32 Å². The molecule has 106 valence electrons. The number of benzene rings is 1. The molecule has 0 amide bonds. The highest BCUT2D eigenvalue weighted by Gasteiger charge is 2.30. The van der Waals surface area contributed by atoms with Gasteiger partial charge in [0.1, 0.15) is 6.04 Å². The molecule has 0 aromatic heterocycles. The minimum atomic E-state index is -4.46. The predicted molar refractivity (Wildman–Crippen MR) is 61.6 cm³/mol. The number of hydrogen-bond acceptors (Lipinski definition) is 3. The fraction of sp³-hybridized carbons (Fsp3) is 0.417. The van der Waals surface area contributed by atoms with Crippen molar-refractivity contribution < 1.29 is 27.8 Å². The van der Waals surface area contributed by atoms with Crippen LogP contribution in [0, 0.1) is 0 Å². The summed E-state index contributed by atoms with van der Waals surface area (Å²) in [4.78, 5) is 11.0. The lowest BCUT2D eigenvalue weighted by Crippen LogP contribution is -2.36. The zero-order valence-electron chi connectivity index (χ0n) is 10.2. The molecule has 0 saturated carbocycles. The third-order valence-corrected chi connectivity index (χ3v) is 2.35. The largest absolute Gasteiger partial charge is 0.480 e. The molecule has 1 atom stereocenters. The van der Waals surface area contributed by atoms with Crippen molar-refractivity contribution in [2.45, 2.75) is 18.8 Å². The Kier molecular flexibility index (Phi) is 5.31. The molecule has 0 aliphatic rings. The van der Waals surface area contributed by atoms with Crippen LogP contribution in [0.15, 0.2) is 24.3 Å². The molecule has 0 radical (unpaired) electrons. The average molecular weight is 277 g/mol. The lowest BCUT2D eigenvalue weighted by atomic mass is 10.0. The minimum Gasteiger partial charge on any atom is -0.480 e. The van der Waals surface area contributed by atoms with Crippen LogP contribution < -0.4 is 5.32 Å². The number of ether oxygens (including phenoxy) is 1. The molecule has 1 aromatic carbocycles. The van der Waals surface area contributed by atoms with E-state index in [0.29, 0.717) is 5.56 Å². The van der Waals surface area contributed by atoms with Gasteiger partial charge in [0, 0.05) is 7.11 Å². The highest BCUT2D eigenvalue weighted by molar-refractivity contribution is 5.75. The van der Waals surface area contributed by atoms with Crippen molar-refractivity contribution in [2.75, 3.05) is 13.7 Å². The Morgan fingerprint density at radius 1 is 1.47 bits per heavy atom. The Morgan fingerprint density at radius 3 is 2.68 bits per heavy atom. The quantitative estimate of drug-likeness (QED) is 0.836. The average Bonchev–Trinajstić information content (AvgIpc) is 2.28. The number of rotatable bonds is 6. The monoisotopic (exact) mass is 277 g/mol. The number of nitrogens with one attached hydrogen (secondary N) is 1. The molecule has 0 spiro atoms. The van der Waals surface area contributed by atoms with E-state index in [1.165, 1.54) is 19.2 Å². The van der Waals surface area contributed by atoms with Crippen LogP contribution in [0.2, 0.25) is 0 Å². The highest BCUT2D eigenvalue weighted by atomic mass is 19.4. The molecular weight excluding hydrogens is 263 g/mol. The molecule has 0 heterocycles. The molecule has 2 N–H and O–H groups in total. The number of methoxy groups -OCH3 is 1. The maximum Gasteiger partial charge on any atom is 0.401 e. The number of carboxylic acids is 1. The predicted octanol–water partition coefficient (Wildman–Crippen LogP) is 2.11. The van der Waals surface area contributed by atoms with E-state index in [2.05, 4.69) is 0 Å². The van der Waals surface area contributed by atoms with Crippen LogP contribution in [0.3, 0.4) is 0 Å². The Hall–Kier alpha value is -1.60. The van der Waals surface area contributed by atoms with Gasteiger partial charge in [0.05, 0.1) is 13.2 Å². The third kappa shape index (κ3) is 5.27. The van der Waals surface area contributed by atoms with Gasteiger partial charge in [0.2, 0.25) is 0 Å². The van der Waals surface area contributed by atoms with Crippen molar-refractivity contribution in [3.8, 4) is 0 Å². The van der Waals surface area contributed by atoms with Crippen LogP contribution >= 0.6 is 0 Å². The number of halogens is 3. The Balaban J connectivity index is 2.86. The molecule has 0 aliphatic heterocycles. The third-order valence-electron chi connectivity index (χ3n) is 2.35. The summed E-state index contributed by atoms with van der Waals surface area (Å²) in [5.74, 6) is -1.36. The number of alkyl halides is 3. The molecular formula is C12H14F3NO3. The van der Waals surface area contributed by atoms with Gasteiger partial charge in [-0.05, 0) is 11.1 Å². The molecule has 0 bridgehead atoms. The zero-order chi connectivity index (χ0) is 14.5. The highest BCUT2D eigenvalue weighted by Crippen LogP contribution is 2.19. The van der Waals surface area contributed by atoms with Gasteiger partial charge in [-0.1, -0.05) is 24.3 Å². The van der Waals surface area contributed by atoms with E-state index in [0.717, 1.165) is 0 Å². The molecule has 0 fully saturated rings. The van der Waals surface area contributed by atoms with Crippen molar-refractivity contribution in [3.05, 3.63) is 35.4 Å². The SMILES string of the molecule is COCc1cccc(C(NCC(F)(F)F)C(=O)O)c1. The van der Waals surface area contributed by atoms with Gasteiger partial charge in [-0.3, -0.25) is 10.1 Å². The van der Waals surface area contributed by atoms with Gasteiger partial charge < -0.3 is 9.84 Å². The van der Waals surface area contributed by atoms with Gasteiger partial charge in [-0.2, -0.15) is 13.2 Å². The number of hydrogen-bond donors (Lipinski definition) is 2. The molecule has 4 nitrogen and oxygen atoms in total. The standard InChI is InChI=1S/C12H14F3NO3/c1-19-6-8-3-2-4-9(5-8)10(11(17)18)16-7-12(13,14)15/h2-5,10,16H,6-7H2,1H3,(H,17,18). The number of carboxylic acid groups (broad SMARTS) is 1. The van der Waals surface area contributed by atoms with Crippen molar-refractivity contribution in [1.82, 2.24) is 5.32 Å². The van der Waals surface area contributed by atoms with Crippen LogP contribution in [-0.4, -0.2) is 30.9 Å². The Morgan fingerprint density at radius 2 is 2.16 bits per heavy atom. The Bertz CT molecular complexity index is 434. The topological polar surface area (TPSA) is 58.6 Å². The zero-order valence-corrected chi connectivity index (χ0v) is 10.2. The van der Waals surface area contributed by atoms with Crippen LogP contribution in [0.4, 0.5) is 13.2 Å². The van der Waals surface area contributed by atoms with Crippen molar-refractivity contribution in [1.29, 1.82) is 0 Å². The van der Waals surface area contributed by atoms with Crippen LogP contribution in [0.1, 0.15) is 17.2 Å². The van der Waals surface area contributed by atoms with Crippen molar-refractivity contribution in [3.63, 3.8) is 0 Å². The second kappa shape index (κ2) is 6.53. The van der Waals surface area contributed by atoms with E-state index < -0.39 is 24.7 Å². The number of aliphatic carboxylic acids is 1. The molecule has 0 saturated heterocycles. The summed E-state index contributed by atoms with van der Waals surface area (Å²) < 4.78 is 41.2. The summed E-state index contributed by atoms with van der Waals surface area (Å²) in [6, 6.07) is 4.84. The Labute approximate surface area is 108 Å². The molecule has 0 aliphatic carbocycles. The lowest BCUT2D eigenvalue weighted by Gasteiger charge is -2.17. The maximum absolute atomic E-state index is 12.1. The molecule has 1 aromatic rings. The lowest BCUT2D eigenvalue weighted by molar-refractivity contribution is -0.143. The first kappa shape index (κ1) is 15.5. The molecule has 19 heavy (non-hydrogen) atoms. The molecule has 1 unspecified atom stereocenters.